The summed E-state index contributed by atoms with van der Waals surface area (Å²) in [4.78, 5) is 8.10. The van der Waals surface area contributed by atoms with Crippen molar-refractivity contribution in [3.05, 3.63) is 18.5 Å². The molecule has 0 saturated carbocycles. The number of hydrogen-bond acceptors (Lipinski definition) is 5. The van der Waals surface area contributed by atoms with E-state index in [0.717, 1.165) is 5.52 Å². The maximum atomic E-state index is 11.3. The second-order valence-corrected chi connectivity index (χ2v) is 6.33. The van der Waals surface area contributed by atoms with Crippen LogP contribution in [-0.4, -0.2) is 35.0 Å². The smallest absolute Gasteiger partial charge is 0.201 e. The first-order valence-electron chi connectivity index (χ1n) is 5.13. The Balaban J connectivity index is 2.51. The van der Waals surface area contributed by atoms with E-state index in [1.807, 2.05) is 0 Å². The van der Waals surface area contributed by atoms with Gasteiger partial charge >= 0.3 is 0 Å². The lowest BCUT2D eigenvalue weighted by molar-refractivity contribution is 0.571. The molecule has 0 bridgehead atoms. The Hall–Kier alpha value is -1.63. The molecule has 0 saturated heterocycles. The van der Waals surface area contributed by atoms with Gasteiger partial charge in [-0.15, -0.1) is 0 Å². The summed E-state index contributed by atoms with van der Waals surface area (Å²) in [5.74, 6) is 0.342. The van der Waals surface area contributed by atoms with Gasteiger partial charge in [-0.3, -0.25) is 4.98 Å². The molecule has 7 heteroatoms. The normalized spacial score (nSPS) is 14.0. The van der Waals surface area contributed by atoms with Crippen molar-refractivity contribution in [2.45, 2.75) is 13.0 Å². The van der Waals surface area contributed by atoms with Gasteiger partial charge in [-0.05, 0) is 13.0 Å². The molecule has 1 unspecified atom stereocenters. The van der Waals surface area contributed by atoms with Gasteiger partial charge < -0.3 is 10.3 Å². The molecule has 2 aromatic rings. The first-order chi connectivity index (χ1) is 7.88. The number of anilines is 1. The minimum atomic E-state index is -3.05. The highest BCUT2D eigenvalue weighted by atomic mass is 32.2. The van der Waals surface area contributed by atoms with E-state index in [9.17, 15) is 8.42 Å². The molecule has 92 valence electrons. The molecule has 0 aliphatic heterocycles. The SMILES string of the molecule is CC(CS(C)(=O)=O)n1c(N)nc2cnccc21. The summed E-state index contributed by atoms with van der Waals surface area (Å²) in [5.41, 5.74) is 7.27. The summed E-state index contributed by atoms with van der Waals surface area (Å²) in [5, 5.41) is 0. The third-order valence-corrected chi connectivity index (χ3v) is 3.59. The monoisotopic (exact) mass is 254 g/mol. The summed E-state index contributed by atoms with van der Waals surface area (Å²) in [6, 6.07) is 1.52. The number of aromatic nitrogens is 3. The van der Waals surface area contributed by atoms with Crippen molar-refractivity contribution >= 4 is 26.8 Å². The van der Waals surface area contributed by atoms with Crippen LogP contribution in [0.2, 0.25) is 0 Å². The minimum absolute atomic E-state index is 0.0327. The van der Waals surface area contributed by atoms with Crippen LogP contribution in [0.25, 0.3) is 11.0 Å². The third kappa shape index (κ3) is 2.38. The van der Waals surface area contributed by atoms with Crippen LogP contribution < -0.4 is 5.73 Å². The second kappa shape index (κ2) is 3.99. The number of fused-ring (bicyclic) bond motifs is 1. The average Bonchev–Trinajstić information content (AvgIpc) is 2.50. The van der Waals surface area contributed by atoms with Crippen LogP contribution in [0.4, 0.5) is 5.95 Å². The molecule has 0 spiro atoms. The lowest BCUT2D eigenvalue weighted by atomic mass is 10.3. The fourth-order valence-electron chi connectivity index (χ4n) is 1.95. The Morgan fingerprint density at radius 2 is 2.24 bits per heavy atom. The summed E-state index contributed by atoms with van der Waals surface area (Å²) in [6.07, 6.45) is 4.45. The van der Waals surface area contributed by atoms with E-state index in [1.165, 1.54) is 6.26 Å². The van der Waals surface area contributed by atoms with Gasteiger partial charge in [0.2, 0.25) is 5.95 Å². The van der Waals surface area contributed by atoms with E-state index in [1.54, 1.807) is 30.0 Å². The van der Waals surface area contributed by atoms with E-state index >= 15 is 0 Å². The lowest BCUT2D eigenvalue weighted by Gasteiger charge is -2.14. The first-order valence-corrected chi connectivity index (χ1v) is 7.19. The van der Waals surface area contributed by atoms with E-state index in [0.29, 0.717) is 11.5 Å². The van der Waals surface area contributed by atoms with Gasteiger partial charge in [0.1, 0.15) is 15.4 Å². The van der Waals surface area contributed by atoms with Crippen molar-refractivity contribution in [1.82, 2.24) is 14.5 Å². The van der Waals surface area contributed by atoms with E-state index < -0.39 is 9.84 Å². The van der Waals surface area contributed by atoms with Gasteiger partial charge in [0.25, 0.3) is 0 Å². The van der Waals surface area contributed by atoms with Crippen molar-refractivity contribution in [2.24, 2.45) is 0 Å². The number of sulfone groups is 1. The molecular formula is C10H14N4O2S. The predicted octanol–water partition coefficient (Wildman–Crippen LogP) is 0.619. The van der Waals surface area contributed by atoms with Crippen LogP contribution in [0.1, 0.15) is 13.0 Å². The Morgan fingerprint density at radius 3 is 2.88 bits per heavy atom. The number of nitrogens with zero attached hydrogens (tertiary/aromatic N) is 3. The van der Waals surface area contributed by atoms with Gasteiger partial charge in [0.15, 0.2) is 0 Å². The number of nitrogen functional groups attached to an aromatic ring is 1. The molecule has 0 aromatic carbocycles. The van der Waals surface area contributed by atoms with Crippen LogP contribution in [0.5, 0.6) is 0 Å². The van der Waals surface area contributed by atoms with Crippen molar-refractivity contribution in [1.29, 1.82) is 0 Å². The molecule has 17 heavy (non-hydrogen) atoms. The first kappa shape index (κ1) is 11.8. The molecule has 1 atom stereocenters. The van der Waals surface area contributed by atoms with Crippen LogP contribution >= 0.6 is 0 Å². The molecule has 2 N–H and O–H groups in total. The highest BCUT2D eigenvalue weighted by Gasteiger charge is 2.17. The van der Waals surface area contributed by atoms with E-state index in [4.69, 9.17) is 5.73 Å². The van der Waals surface area contributed by atoms with E-state index in [-0.39, 0.29) is 11.8 Å². The van der Waals surface area contributed by atoms with Crippen LogP contribution in [0.3, 0.4) is 0 Å². The largest absolute Gasteiger partial charge is 0.369 e. The number of nitrogens with two attached hydrogens (primary N) is 1. The molecule has 0 aliphatic carbocycles. The maximum absolute atomic E-state index is 11.3. The van der Waals surface area contributed by atoms with Gasteiger partial charge in [-0.1, -0.05) is 0 Å². The summed E-state index contributed by atoms with van der Waals surface area (Å²) < 4.78 is 24.3. The van der Waals surface area contributed by atoms with Crippen LogP contribution in [0.15, 0.2) is 18.5 Å². The number of pyridine rings is 1. The molecular weight excluding hydrogens is 240 g/mol. The molecule has 0 radical (unpaired) electrons. The molecule has 6 nitrogen and oxygen atoms in total. The fraction of sp³-hybridized carbons (Fsp3) is 0.400. The number of rotatable bonds is 3. The lowest BCUT2D eigenvalue weighted by Crippen LogP contribution is -2.18. The summed E-state index contributed by atoms with van der Waals surface area (Å²) in [6.45, 7) is 1.80. The highest BCUT2D eigenvalue weighted by Crippen LogP contribution is 2.22. The second-order valence-electron chi connectivity index (χ2n) is 4.15. The fourth-order valence-corrected chi connectivity index (χ4v) is 2.97. The molecule has 0 fully saturated rings. The Morgan fingerprint density at radius 1 is 1.53 bits per heavy atom. The topological polar surface area (TPSA) is 90.9 Å². The van der Waals surface area contributed by atoms with Crippen LogP contribution in [0, 0.1) is 0 Å². The van der Waals surface area contributed by atoms with Crippen molar-refractivity contribution < 1.29 is 8.42 Å². The number of imidazole rings is 1. The molecule has 0 amide bonds. The third-order valence-electron chi connectivity index (χ3n) is 2.50. The van der Waals surface area contributed by atoms with Gasteiger partial charge in [-0.2, -0.15) is 0 Å². The molecule has 2 rings (SSSR count). The zero-order chi connectivity index (χ0) is 12.6. The molecule has 2 heterocycles. The summed E-state index contributed by atoms with van der Waals surface area (Å²) >= 11 is 0. The Bertz CT molecular complexity index is 647. The van der Waals surface area contributed by atoms with Gasteiger partial charge in [0, 0.05) is 18.5 Å². The standard InChI is InChI=1S/C10H14N4O2S/c1-7(6-17(2,15)16)14-9-3-4-12-5-8(9)13-10(14)11/h3-5,7H,6H2,1-2H3,(H2,11,13). The zero-order valence-electron chi connectivity index (χ0n) is 9.66. The van der Waals surface area contributed by atoms with Gasteiger partial charge in [-0.25, -0.2) is 13.4 Å². The summed E-state index contributed by atoms with van der Waals surface area (Å²) in [7, 11) is -3.05. The van der Waals surface area contributed by atoms with Crippen molar-refractivity contribution in [3.63, 3.8) is 0 Å². The molecule has 2 aromatic heterocycles. The van der Waals surface area contributed by atoms with Gasteiger partial charge in [0.05, 0.1) is 17.5 Å². The van der Waals surface area contributed by atoms with E-state index in [2.05, 4.69) is 9.97 Å². The quantitative estimate of drug-likeness (QED) is 0.867. The average molecular weight is 254 g/mol. The Kier molecular flexibility index (Phi) is 2.78. The van der Waals surface area contributed by atoms with Crippen molar-refractivity contribution in [2.75, 3.05) is 17.7 Å². The maximum Gasteiger partial charge on any atom is 0.201 e. The Labute approximate surface area is 99.4 Å². The predicted molar refractivity (Wildman–Crippen MR) is 66.4 cm³/mol. The number of hydrogen-bond donors (Lipinski definition) is 1. The molecule has 0 aliphatic rings. The highest BCUT2D eigenvalue weighted by molar-refractivity contribution is 7.90. The zero-order valence-corrected chi connectivity index (χ0v) is 10.5. The van der Waals surface area contributed by atoms with Crippen molar-refractivity contribution in [3.8, 4) is 0 Å². The van der Waals surface area contributed by atoms with Crippen LogP contribution in [-0.2, 0) is 9.84 Å². The minimum Gasteiger partial charge on any atom is -0.369 e.